The van der Waals surface area contributed by atoms with Crippen LogP contribution < -0.4 is 5.32 Å². The summed E-state index contributed by atoms with van der Waals surface area (Å²) in [4.78, 5) is 15.7. The molecule has 0 radical (unpaired) electrons. The van der Waals surface area contributed by atoms with E-state index in [1.807, 2.05) is 24.3 Å². The summed E-state index contributed by atoms with van der Waals surface area (Å²) in [5, 5.41) is 2.85. The second-order valence-corrected chi connectivity index (χ2v) is 4.72. The van der Waals surface area contributed by atoms with Gasteiger partial charge in [-0.05, 0) is 50.8 Å². The zero-order valence-corrected chi connectivity index (χ0v) is 10.5. The molecule has 0 spiro atoms. The van der Waals surface area contributed by atoms with Gasteiger partial charge in [0.15, 0.2) is 0 Å². The number of hydrogen-bond acceptors (Lipinski definition) is 2. The van der Waals surface area contributed by atoms with Crippen molar-refractivity contribution in [2.24, 2.45) is 0 Å². The number of benzene rings is 1. The quantitative estimate of drug-likeness (QED) is 0.877. The summed E-state index contributed by atoms with van der Waals surface area (Å²) in [5.74, 6) is -0.0113. The summed E-state index contributed by atoms with van der Waals surface area (Å²) in [7, 11) is 0. The molecule has 0 saturated heterocycles. The number of hydrogen-bond donors (Lipinski definition) is 1. The third-order valence-electron chi connectivity index (χ3n) is 2.91. The first-order valence-electron chi connectivity index (χ1n) is 5.27. The molecule has 0 saturated carbocycles. The molecule has 1 aliphatic rings. The monoisotopic (exact) mass is 288 g/mol. The first-order valence-corrected chi connectivity index (χ1v) is 6.06. The van der Waals surface area contributed by atoms with Gasteiger partial charge in [-0.2, -0.15) is 0 Å². The fraction of sp³-hybridized carbons (Fsp3) is 0.0769. The summed E-state index contributed by atoms with van der Waals surface area (Å²) >= 11 is 3.42. The number of pyridine rings is 1. The van der Waals surface area contributed by atoms with E-state index < -0.39 is 0 Å². The molecule has 1 aromatic carbocycles. The summed E-state index contributed by atoms with van der Waals surface area (Å²) in [6, 6.07) is 7.84. The van der Waals surface area contributed by atoms with Crippen molar-refractivity contribution in [2.75, 3.05) is 0 Å². The van der Waals surface area contributed by atoms with Gasteiger partial charge in [0.2, 0.25) is 0 Å². The highest BCUT2D eigenvalue weighted by Gasteiger charge is 2.24. The molecule has 2 aromatic rings. The van der Waals surface area contributed by atoms with Crippen LogP contribution in [0.2, 0.25) is 0 Å². The van der Waals surface area contributed by atoms with Crippen LogP contribution in [0.15, 0.2) is 41.1 Å². The van der Waals surface area contributed by atoms with Gasteiger partial charge in [0, 0.05) is 23.4 Å². The molecule has 84 valence electrons. The van der Waals surface area contributed by atoms with Crippen LogP contribution >= 0.6 is 15.9 Å². The molecule has 0 bridgehead atoms. The van der Waals surface area contributed by atoms with Crippen molar-refractivity contribution in [2.45, 2.75) is 6.54 Å². The van der Waals surface area contributed by atoms with Crippen LogP contribution in [0.5, 0.6) is 0 Å². The van der Waals surface area contributed by atoms with E-state index in [0.29, 0.717) is 6.54 Å². The number of carbonyl (C=O) groups is 1. The van der Waals surface area contributed by atoms with Gasteiger partial charge in [-0.15, -0.1) is 0 Å². The minimum atomic E-state index is -0.0113. The minimum Gasteiger partial charge on any atom is -0.348 e. The van der Waals surface area contributed by atoms with Crippen molar-refractivity contribution < 1.29 is 4.79 Å². The van der Waals surface area contributed by atoms with Gasteiger partial charge < -0.3 is 5.32 Å². The normalized spacial score (nSPS) is 13.4. The topological polar surface area (TPSA) is 42.0 Å². The predicted molar refractivity (Wildman–Crippen MR) is 68.5 cm³/mol. The van der Waals surface area contributed by atoms with Gasteiger partial charge in [-0.1, -0.05) is 6.07 Å². The van der Waals surface area contributed by atoms with Crippen LogP contribution in [0.1, 0.15) is 15.9 Å². The number of nitrogens with zero attached hydrogens (tertiary/aromatic N) is 1. The lowest BCUT2D eigenvalue weighted by atomic mass is 9.98. The minimum absolute atomic E-state index is 0.0113. The summed E-state index contributed by atoms with van der Waals surface area (Å²) in [6.45, 7) is 0.589. The maximum atomic E-state index is 11.7. The fourth-order valence-corrected chi connectivity index (χ4v) is 2.66. The molecule has 2 heterocycles. The summed E-state index contributed by atoms with van der Waals surface area (Å²) < 4.78 is 0.848. The first kappa shape index (κ1) is 10.5. The number of aromatic nitrogens is 1. The van der Waals surface area contributed by atoms with E-state index >= 15 is 0 Å². The Hall–Kier alpha value is -1.68. The molecule has 0 aliphatic carbocycles. The molecule has 17 heavy (non-hydrogen) atoms. The van der Waals surface area contributed by atoms with E-state index in [2.05, 4.69) is 26.2 Å². The molecule has 1 aliphatic heterocycles. The van der Waals surface area contributed by atoms with Crippen LogP contribution in [0.3, 0.4) is 0 Å². The average molecular weight is 289 g/mol. The maximum Gasteiger partial charge on any atom is 0.253 e. The van der Waals surface area contributed by atoms with Crippen LogP contribution in [-0.2, 0) is 6.54 Å². The third-order valence-corrected chi connectivity index (χ3v) is 3.57. The first-order chi connectivity index (χ1) is 8.27. The maximum absolute atomic E-state index is 11.7. The zero-order chi connectivity index (χ0) is 11.8. The third kappa shape index (κ3) is 1.65. The molecule has 3 nitrogen and oxygen atoms in total. The number of rotatable bonds is 1. The number of fused-ring (bicyclic) bond motifs is 1. The molecule has 0 fully saturated rings. The van der Waals surface area contributed by atoms with Crippen molar-refractivity contribution >= 4 is 21.8 Å². The highest BCUT2D eigenvalue weighted by molar-refractivity contribution is 9.10. The smallest absolute Gasteiger partial charge is 0.253 e. The molecular weight excluding hydrogens is 280 g/mol. The van der Waals surface area contributed by atoms with Crippen LogP contribution in [0.4, 0.5) is 0 Å². The molecular formula is C13H9BrN2O. The second-order valence-electron chi connectivity index (χ2n) is 3.87. The Morgan fingerprint density at radius 1 is 1.18 bits per heavy atom. The second kappa shape index (κ2) is 3.96. The number of amides is 1. The summed E-state index contributed by atoms with van der Waals surface area (Å²) in [6.07, 6.45) is 3.52. The van der Waals surface area contributed by atoms with Gasteiger partial charge in [0.25, 0.3) is 5.91 Å². The standard InChI is InChI=1S/C13H9BrN2O/c14-11-2-1-9(8-3-5-15-6-4-8)10-7-16-13(17)12(10)11/h1-6H,7H2,(H,16,17). The highest BCUT2D eigenvalue weighted by atomic mass is 79.9. The Labute approximate surface area is 107 Å². The van der Waals surface area contributed by atoms with E-state index in [-0.39, 0.29) is 5.91 Å². The fourth-order valence-electron chi connectivity index (χ4n) is 2.11. The van der Waals surface area contributed by atoms with Crippen LogP contribution in [0, 0.1) is 0 Å². The molecule has 1 amide bonds. The summed E-state index contributed by atoms with van der Waals surface area (Å²) in [5.41, 5.74) is 3.97. The Morgan fingerprint density at radius 3 is 2.71 bits per heavy atom. The van der Waals surface area contributed by atoms with Gasteiger partial charge in [-0.3, -0.25) is 9.78 Å². The molecule has 1 N–H and O–H groups in total. The SMILES string of the molecule is O=C1NCc2c(-c3ccncc3)ccc(Br)c21. The number of carbonyl (C=O) groups excluding carboxylic acids is 1. The van der Waals surface area contributed by atoms with Gasteiger partial charge in [-0.25, -0.2) is 0 Å². The van der Waals surface area contributed by atoms with Crippen molar-refractivity contribution in [3.8, 4) is 11.1 Å². The molecule has 1 aromatic heterocycles. The molecule has 0 atom stereocenters. The van der Waals surface area contributed by atoms with E-state index in [4.69, 9.17) is 0 Å². The van der Waals surface area contributed by atoms with Gasteiger partial charge in [0.05, 0.1) is 5.56 Å². The van der Waals surface area contributed by atoms with Gasteiger partial charge >= 0.3 is 0 Å². The Balaban J connectivity index is 2.24. The Bertz CT molecular complexity index is 596. The average Bonchev–Trinajstić information content (AvgIpc) is 2.74. The zero-order valence-electron chi connectivity index (χ0n) is 8.90. The van der Waals surface area contributed by atoms with Crippen molar-refractivity contribution in [3.05, 3.63) is 52.3 Å². The van der Waals surface area contributed by atoms with Crippen molar-refractivity contribution in [3.63, 3.8) is 0 Å². The number of nitrogens with one attached hydrogen (secondary N) is 1. The van der Waals surface area contributed by atoms with Crippen LogP contribution in [0.25, 0.3) is 11.1 Å². The lowest BCUT2D eigenvalue weighted by Gasteiger charge is -2.08. The molecule has 0 unspecified atom stereocenters. The highest BCUT2D eigenvalue weighted by Crippen LogP contribution is 2.33. The van der Waals surface area contributed by atoms with Crippen LogP contribution in [-0.4, -0.2) is 10.9 Å². The van der Waals surface area contributed by atoms with E-state index in [0.717, 1.165) is 26.7 Å². The lowest BCUT2D eigenvalue weighted by Crippen LogP contribution is -2.12. The van der Waals surface area contributed by atoms with Crippen molar-refractivity contribution in [1.29, 1.82) is 0 Å². The Kier molecular flexibility index (Phi) is 2.44. The lowest BCUT2D eigenvalue weighted by molar-refractivity contribution is 0.0965. The van der Waals surface area contributed by atoms with E-state index in [1.165, 1.54) is 0 Å². The van der Waals surface area contributed by atoms with E-state index in [1.54, 1.807) is 12.4 Å². The van der Waals surface area contributed by atoms with E-state index in [9.17, 15) is 4.79 Å². The van der Waals surface area contributed by atoms with Crippen molar-refractivity contribution in [1.82, 2.24) is 10.3 Å². The Morgan fingerprint density at radius 2 is 1.94 bits per heavy atom. The molecule has 4 heteroatoms. The van der Waals surface area contributed by atoms with Gasteiger partial charge in [0.1, 0.15) is 0 Å². The predicted octanol–water partition coefficient (Wildman–Crippen LogP) is 2.75. The largest absolute Gasteiger partial charge is 0.348 e. The molecule has 3 rings (SSSR count). The number of halogens is 1.